The molecular weight excluding hydrogens is 258 g/mol. The Morgan fingerprint density at radius 2 is 2.00 bits per heavy atom. The number of nitrogens with zero attached hydrogens (tertiary/aromatic N) is 1. The van der Waals surface area contributed by atoms with Crippen LogP contribution in [0.5, 0.6) is 0 Å². The van der Waals surface area contributed by atoms with Gasteiger partial charge < -0.3 is 10.0 Å². The first kappa shape index (κ1) is 14.9. The minimum absolute atomic E-state index is 0.0573. The largest absolute Gasteiger partial charge is 0.395 e. The molecule has 0 spiro atoms. The molecule has 15 heavy (non-hydrogen) atoms. The second kappa shape index (κ2) is 10.4. The summed E-state index contributed by atoms with van der Waals surface area (Å²) in [5.41, 5.74) is 0. The van der Waals surface area contributed by atoms with Crippen LogP contribution in [0.3, 0.4) is 0 Å². The lowest BCUT2D eigenvalue weighted by molar-refractivity contribution is -0.131. The molecule has 0 bridgehead atoms. The van der Waals surface area contributed by atoms with E-state index in [9.17, 15) is 4.79 Å². The van der Waals surface area contributed by atoms with E-state index in [2.05, 4.69) is 22.9 Å². The third-order valence-electron chi connectivity index (χ3n) is 2.31. The molecule has 90 valence electrons. The molecule has 0 radical (unpaired) electrons. The highest BCUT2D eigenvalue weighted by Crippen LogP contribution is 2.03. The maximum Gasteiger partial charge on any atom is 0.223 e. The Balaban J connectivity index is 3.76. The Bertz CT molecular complexity index is 165. The Kier molecular flexibility index (Phi) is 10.4. The van der Waals surface area contributed by atoms with Crippen LogP contribution in [-0.2, 0) is 4.79 Å². The van der Waals surface area contributed by atoms with E-state index in [1.165, 1.54) is 19.3 Å². The average molecular weight is 280 g/mol. The van der Waals surface area contributed by atoms with Gasteiger partial charge in [0.2, 0.25) is 5.91 Å². The number of carbonyl (C=O) groups excluding carboxylic acids is 1. The van der Waals surface area contributed by atoms with Gasteiger partial charge in [0.1, 0.15) is 0 Å². The first-order valence-electron chi connectivity index (χ1n) is 5.70. The monoisotopic (exact) mass is 279 g/mol. The van der Waals surface area contributed by atoms with Gasteiger partial charge >= 0.3 is 0 Å². The number of rotatable bonds is 9. The second-order valence-corrected chi connectivity index (χ2v) is 4.40. The van der Waals surface area contributed by atoms with Crippen LogP contribution in [0.2, 0.25) is 0 Å². The van der Waals surface area contributed by atoms with E-state index in [-0.39, 0.29) is 12.5 Å². The number of halogens is 1. The first-order valence-corrected chi connectivity index (χ1v) is 6.83. The lowest BCUT2D eigenvalue weighted by Crippen LogP contribution is -2.34. The van der Waals surface area contributed by atoms with E-state index in [1.807, 2.05) is 0 Å². The van der Waals surface area contributed by atoms with Crippen molar-refractivity contribution in [3.05, 3.63) is 0 Å². The minimum atomic E-state index is 0.0573. The van der Waals surface area contributed by atoms with E-state index in [4.69, 9.17) is 5.11 Å². The van der Waals surface area contributed by atoms with Crippen LogP contribution in [0.4, 0.5) is 0 Å². The number of unbranched alkanes of at least 4 members (excludes halogenated alkanes) is 3. The molecule has 0 aliphatic carbocycles. The van der Waals surface area contributed by atoms with Crippen LogP contribution < -0.4 is 0 Å². The summed E-state index contributed by atoms with van der Waals surface area (Å²) in [5, 5.41) is 9.55. The molecule has 3 nitrogen and oxygen atoms in total. The van der Waals surface area contributed by atoms with Gasteiger partial charge in [-0.25, -0.2) is 0 Å². The van der Waals surface area contributed by atoms with Crippen molar-refractivity contribution in [2.24, 2.45) is 0 Å². The van der Waals surface area contributed by atoms with Gasteiger partial charge in [-0.05, 0) is 6.42 Å². The summed E-state index contributed by atoms with van der Waals surface area (Å²) >= 11 is 3.25. The van der Waals surface area contributed by atoms with Crippen LogP contribution in [0.1, 0.15) is 39.0 Å². The van der Waals surface area contributed by atoms with E-state index in [1.54, 1.807) is 4.90 Å². The van der Waals surface area contributed by atoms with Crippen molar-refractivity contribution in [3.63, 3.8) is 0 Å². The highest BCUT2D eigenvalue weighted by atomic mass is 79.9. The molecule has 4 heteroatoms. The zero-order valence-electron chi connectivity index (χ0n) is 9.54. The fourth-order valence-corrected chi connectivity index (χ4v) is 1.79. The van der Waals surface area contributed by atoms with Crippen molar-refractivity contribution in [1.82, 2.24) is 4.90 Å². The van der Waals surface area contributed by atoms with Crippen molar-refractivity contribution < 1.29 is 9.90 Å². The quantitative estimate of drug-likeness (QED) is 0.519. The third kappa shape index (κ3) is 7.79. The molecule has 0 heterocycles. The number of alkyl halides is 1. The summed E-state index contributed by atoms with van der Waals surface area (Å²) in [7, 11) is 0. The molecule has 0 aromatic carbocycles. The lowest BCUT2D eigenvalue weighted by atomic mass is 10.2. The van der Waals surface area contributed by atoms with Crippen LogP contribution in [0.15, 0.2) is 0 Å². The summed E-state index contributed by atoms with van der Waals surface area (Å²) in [5.74, 6) is 0.137. The topological polar surface area (TPSA) is 40.5 Å². The summed E-state index contributed by atoms with van der Waals surface area (Å²) in [6, 6.07) is 0. The van der Waals surface area contributed by atoms with Crippen molar-refractivity contribution in [2.45, 2.75) is 39.0 Å². The number of hydrogen-bond donors (Lipinski definition) is 1. The van der Waals surface area contributed by atoms with Gasteiger partial charge in [0, 0.05) is 24.8 Å². The zero-order chi connectivity index (χ0) is 11.5. The zero-order valence-corrected chi connectivity index (χ0v) is 11.1. The van der Waals surface area contributed by atoms with Crippen molar-refractivity contribution in [2.75, 3.05) is 25.0 Å². The summed E-state index contributed by atoms with van der Waals surface area (Å²) in [6.07, 6.45) is 5.16. The van der Waals surface area contributed by atoms with Gasteiger partial charge in [-0.15, -0.1) is 0 Å². The van der Waals surface area contributed by atoms with Gasteiger partial charge in [-0.3, -0.25) is 4.79 Å². The molecule has 0 aliphatic heterocycles. The molecule has 0 aromatic rings. The maximum atomic E-state index is 11.6. The maximum absolute atomic E-state index is 11.6. The summed E-state index contributed by atoms with van der Waals surface area (Å²) in [4.78, 5) is 13.3. The molecule has 0 fully saturated rings. The average Bonchev–Trinajstić information content (AvgIpc) is 2.23. The SMILES string of the molecule is CCCCCCN(CCO)C(=O)CCBr. The summed E-state index contributed by atoms with van der Waals surface area (Å²) < 4.78 is 0. The van der Waals surface area contributed by atoms with E-state index in [0.717, 1.165) is 13.0 Å². The normalized spacial score (nSPS) is 10.3. The number of amides is 1. The first-order chi connectivity index (χ1) is 7.26. The molecule has 0 aliphatic rings. The molecule has 0 aromatic heterocycles. The fourth-order valence-electron chi connectivity index (χ4n) is 1.45. The van der Waals surface area contributed by atoms with Gasteiger partial charge in [-0.2, -0.15) is 0 Å². The molecule has 0 rings (SSSR count). The van der Waals surface area contributed by atoms with E-state index >= 15 is 0 Å². The Hall–Kier alpha value is -0.0900. The molecule has 1 amide bonds. The smallest absolute Gasteiger partial charge is 0.223 e. The molecule has 0 unspecified atom stereocenters. The number of carbonyl (C=O) groups is 1. The van der Waals surface area contributed by atoms with Gasteiger partial charge in [0.25, 0.3) is 0 Å². The van der Waals surface area contributed by atoms with Crippen LogP contribution in [0, 0.1) is 0 Å². The van der Waals surface area contributed by atoms with E-state index < -0.39 is 0 Å². The van der Waals surface area contributed by atoms with Gasteiger partial charge in [0.15, 0.2) is 0 Å². The van der Waals surface area contributed by atoms with Crippen LogP contribution >= 0.6 is 15.9 Å². The van der Waals surface area contributed by atoms with Crippen LogP contribution in [0.25, 0.3) is 0 Å². The third-order valence-corrected chi connectivity index (χ3v) is 2.71. The molecule has 0 atom stereocenters. The molecule has 0 saturated heterocycles. The highest BCUT2D eigenvalue weighted by molar-refractivity contribution is 9.09. The predicted octanol–water partition coefficient (Wildman–Crippen LogP) is 2.17. The number of aliphatic hydroxyl groups excluding tert-OH is 1. The second-order valence-electron chi connectivity index (χ2n) is 3.60. The fraction of sp³-hybridized carbons (Fsp3) is 0.909. The number of hydrogen-bond acceptors (Lipinski definition) is 2. The van der Waals surface area contributed by atoms with Gasteiger partial charge in [-0.1, -0.05) is 42.1 Å². The Morgan fingerprint density at radius 1 is 1.27 bits per heavy atom. The standard InChI is InChI=1S/C11H22BrNO2/c1-2-3-4-5-8-13(9-10-14)11(15)6-7-12/h14H,2-10H2,1H3. The van der Waals surface area contributed by atoms with Crippen molar-refractivity contribution >= 4 is 21.8 Å². The Labute approximate surface area is 101 Å². The number of aliphatic hydroxyl groups is 1. The van der Waals surface area contributed by atoms with Crippen molar-refractivity contribution in [1.29, 1.82) is 0 Å². The van der Waals surface area contributed by atoms with Crippen LogP contribution in [-0.4, -0.2) is 40.9 Å². The highest BCUT2D eigenvalue weighted by Gasteiger charge is 2.10. The van der Waals surface area contributed by atoms with Gasteiger partial charge in [0.05, 0.1) is 6.61 Å². The molecular formula is C11H22BrNO2. The molecule has 1 N–H and O–H groups in total. The lowest BCUT2D eigenvalue weighted by Gasteiger charge is -2.21. The molecule has 0 saturated carbocycles. The van der Waals surface area contributed by atoms with Crippen molar-refractivity contribution in [3.8, 4) is 0 Å². The minimum Gasteiger partial charge on any atom is -0.395 e. The predicted molar refractivity (Wildman–Crippen MR) is 66.2 cm³/mol. The Morgan fingerprint density at radius 3 is 2.53 bits per heavy atom. The van der Waals surface area contributed by atoms with E-state index in [0.29, 0.717) is 18.3 Å². The summed E-state index contributed by atoms with van der Waals surface area (Å²) in [6.45, 7) is 3.48.